The van der Waals surface area contributed by atoms with Gasteiger partial charge in [0, 0.05) is 6.54 Å². The molecule has 154 valence electrons. The summed E-state index contributed by atoms with van der Waals surface area (Å²) in [5.41, 5.74) is 2.32. The second-order valence-electron chi connectivity index (χ2n) is 7.30. The van der Waals surface area contributed by atoms with E-state index < -0.39 is 24.5 Å². The van der Waals surface area contributed by atoms with Gasteiger partial charge in [0.1, 0.15) is 24.6 Å². The minimum Gasteiger partial charge on any atom is -0.394 e. The lowest BCUT2D eigenvalue weighted by atomic mass is 9.98. The normalized spacial score (nSPS) is 25.4. The summed E-state index contributed by atoms with van der Waals surface area (Å²) in [6.07, 6.45) is -0.267. The molecule has 0 bridgehead atoms. The van der Waals surface area contributed by atoms with E-state index in [1.807, 2.05) is 18.2 Å². The number of hydrogen-bond donors (Lipinski definition) is 4. The molecule has 1 saturated heterocycles. The Labute approximate surface area is 168 Å². The number of aromatic nitrogens is 4. The average molecular weight is 399 g/mol. The summed E-state index contributed by atoms with van der Waals surface area (Å²) in [4.78, 5) is 12.9. The summed E-state index contributed by atoms with van der Waals surface area (Å²) in [5, 5.41) is 32.9. The zero-order chi connectivity index (χ0) is 20.4. The highest BCUT2D eigenvalue weighted by Gasteiger charge is 2.44. The molecule has 29 heavy (non-hydrogen) atoms. The Morgan fingerprint density at radius 2 is 1.93 bits per heavy atom. The Hall–Kier alpha value is -2.59. The van der Waals surface area contributed by atoms with Gasteiger partial charge in [-0.15, -0.1) is 0 Å². The summed E-state index contributed by atoms with van der Waals surface area (Å²) in [5.74, 6) is 0.998. The third-order valence-electron chi connectivity index (χ3n) is 5.39. The van der Waals surface area contributed by atoms with Gasteiger partial charge in [0.2, 0.25) is 0 Å². The topological polar surface area (TPSA) is 126 Å². The van der Waals surface area contributed by atoms with Gasteiger partial charge >= 0.3 is 0 Å². The third-order valence-corrected chi connectivity index (χ3v) is 5.39. The zero-order valence-electron chi connectivity index (χ0n) is 16.1. The van der Waals surface area contributed by atoms with E-state index in [-0.39, 0.29) is 6.61 Å². The van der Waals surface area contributed by atoms with Crippen LogP contribution in [0.5, 0.6) is 0 Å². The molecule has 1 fully saturated rings. The largest absolute Gasteiger partial charge is 0.394 e. The van der Waals surface area contributed by atoms with Crippen molar-refractivity contribution < 1.29 is 20.1 Å². The molecule has 0 saturated carbocycles. The number of hydrogen-bond acceptors (Lipinski definition) is 8. The van der Waals surface area contributed by atoms with Crippen LogP contribution in [-0.2, 0) is 4.74 Å². The zero-order valence-corrected chi connectivity index (χ0v) is 16.1. The number of benzene rings is 1. The van der Waals surface area contributed by atoms with Gasteiger partial charge in [0.05, 0.1) is 12.9 Å². The molecule has 1 aliphatic heterocycles. The number of nitrogens with one attached hydrogen (secondary N) is 1. The molecule has 0 aliphatic carbocycles. The van der Waals surface area contributed by atoms with Gasteiger partial charge in [-0.25, -0.2) is 15.0 Å². The molecule has 1 aromatic carbocycles. The number of fused-ring (bicyclic) bond motifs is 1. The molecule has 1 unspecified atom stereocenters. The highest BCUT2D eigenvalue weighted by Crippen LogP contribution is 2.32. The van der Waals surface area contributed by atoms with Crippen molar-refractivity contribution in [2.75, 3.05) is 18.5 Å². The predicted octanol–water partition coefficient (Wildman–Crippen LogP) is 1.04. The molecular formula is C20H25N5O4. The third kappa shape index (κ3) is 3.82. The van der Waals surface area contributed by atoms with Gasteiger partial charge in [-0.3, -0.25) is 4.57 Å². The average Bonchev–Trinajstić information content (AvgIpc) is 3.30. The van der Waals surface area contributed by atoms with Crippen LogP contribution < -0.4 is 5.32 Å². The molecule has 0 radical (unpaired) electrons. The van der Waals surface area contributed by atoms with Gasteiger partial charge in [-0.05, 0) is 17.9 Å². The number of rotatable bonds is 7. The summed E-state index contributed by atoms with van der Waals surface area (Å²) < 4.78 is 7.14. The molecule has 2 aromatic heterocycles. The minimum absolute atomic E-state index is 0.386. The van der Waals surface area contributed by atoms with E-state index in [1.54, 1.807) is 4.57 Å². The van der Waals surface area contributed by atoms with Crippen LogP contribution in [0.15, 0.2) is 43.0 Å². The molecule has 4 N–H and O–H groups in total. The van der Waals surface area contributed by atoms with Crippen LogP contribution in [-0.4, -0.2) is 66.3 Å². The first-order valence-corrected chi connectivity index (χ1v) is 9.69. The van der Waals surface area contributed by atoms with Gasteiger partial charge in [-0.1, -0.05) is 37.3 Å². The summed E-state index contributed by atoms with van der Waals surface area (Å²) in [7, 11) is 0. The Morgan fingerprint density at radius 1 is 1.14 bits per heavy atom. The van der Waals surface area contributed by atoms with E-state index in [0.29, 0.717) is 29.4 Å². The maximum absolute atomic E-state index is 10.3. The van der Waals surface area contributed by atoms with Crippen molar-refractivity contribution in [3.8, 4) is 0 Å². The smallest absolute Gasteiger partial charge is 0.167 e. The number of aliphatic hydroxyl groups excluding tert-OH is 3. The fourth-order valence-corrected chi connectivity index (χ4v) is 3.63. The standard InChI is InChI=1S/C20H25N5O4/c1-12(13-5-3-2-4-6-13)7-8-21-18-15-19(23-10-22-18)25(11-24-15)20-17(28)16(27)14(9-26)29-20/h2-6,10-12,14,16-17,20,26-28H,7-9H2,1H3,(H,21,22,23)/t12?,14-,16-,17-,20-/m1/s1. The SMILES string of the molecule is CC(CCNc1ncnc2c1ncn2[C@@H]1O[C@H](CO)[C@@H](O)[C@H]1O)c1ccccc1. The van der Waals surface area contributed by atoms with Crippen molar-refractivity contribution in [3.63, 3.8) is 0 Å². The number of nitrogens with zero attached hydrogens (tertiary/aromatic N) is 4. The predicted molar refractivity (Wildman–Crippen MR) is 106 cm³/mol. The molecule has 5 atom stereocenters. The minimum atomic E-state index is -1.19. The summed E-state index contributed by atoms with van der Waals surface area (Å²) >= 11 is 0. The molecule has 9 heteroatoms. The number of aliphatic hydroxyl groups is 3. The van der Waals surface area contributed by atoms with Crippen molar-refractivity contribution in [1.29, 1.82) is 0 Å². The van der Waals surface area contributed by atoms with Crippen LogP contribution in [0, 0.1) is 0 Å². The maximum Gasteiger partial charge on any atom is 0.167 e. The number of anilines is 1. The molecule has 0 spiro atoms. The second kappa shape index (κ2) is 8.42. The lowest BCUT2D eigenvalue weighted by molar-refractivity contribution is -0.0511. The van der Waals surface area contributed by atoms with Crippen molar-refractivity contribution >= 4 is 17.0 Å². The number of imidazole rings is 1. The fraction of sp³-hybridized carbons (Fsp3) is 0.450. The van der Waals surface area contributed by atoms with Gasteiger partial charge < -0.3 is 25.4 Å². The lowest BCUT2D eigenvalue weighted by Gasteiger charge is -2.16. The van der Waals surface area contributed by atoms with Gasteiger partial charge in [-0.2, -0.15) is 0 Å². The second-order valence-corrected chi connectivity index (χ2v) is 7.30. The van der Waals surface area contributed by atoms with E-state index >= 15 is 0 Å². The first kappa shape index (κ1) is 19.7. The first-order valence-electron chi connectivity index (χ1n) is 9.69. The maximum atomic E-state index is 10.3. The fourth-order valence-electron chi connectivity index (χ4n) is 3.63. The number of ether oxygens (including phenoxy) is 1. The van der Waals surface area contributed by atoms with Gasteiger partial charge in [0.15, 0.2) is 23.2 Å². The Balaban J connectivity index is 1.48. The van der Waals surface area contributed by atoms with E-state index in [4.69, 9.17) is 4.74 Å². The molecule has 1 aliphatic rings. The van der Waals surface area contributed by atoms with Crippen molar-refractivity contribution in [3.05, 3.63) is 48.5 Å². The summed E-state index contributed by atoms with van der Waals surface area (Å²) in [6.45, 7) is 2.51. The van der Waals surface area contributed by atoms with Gasteiger partial charge in [0.25, 0.3) is 0 Å². The van der Waals surface area contributed by atoms with E-state index in [1.165, 1.54) is 18.2 Å². The first-order chi connectivity index (χ1) is 14.1. The van der Waals surface area contributed by atoms with Crippen LogP contribution in [0.25, 0.3) is 11.2 Å². The van der Waals surface area contributed by atoms with Crippen LogP contribution in [0.4, 0.5) is 5.82 Å². The molecule has 9 nitrogen and oxygen atoms in total. The van der Waals surface area contributed by atoms with E-state index in [0.717, 1.165) is 6.42 Å². The van der Waals surface area contributed by atoms with Crippen LogP contribution in [0.1, 0.15) is 31.1 Å². The van der Waals surface area contributed by atoms with Crippen molar-refractivity contribution in [2.24, 2.45) is 0 Å². The Kier molecular flexibility index (Phi) is 5.72. The van der Waals surface area contributed by atoms with Crippen molar-refractivity contribution in [1.82, 2.24) is 19.5 Å². The molecule has 4 rings (SSSR count). The Morgan fingerprint density at radius 3 is 2.66 bits per heavy atom. The summed E-state index contributed by atoms with van der Waals surface area (Å²) in [6, 6.07) is 10.3. The van der Waals surface area contributed by atoms with Crippen molar-refractivity contribution in [2.45, 2.75) is 43.8 Å². The monoisotopic (exact) mass is 399 g/mol. The lowest BCUT2D eigenvalue weighted by Crippen LogP contribution is -2.33. The Bertz CT molecular complexity index is 950. The van der Waals surface area contributed by atoms with Crippen LogP contribution >= 0.6 is 0 Å². The highest BCUT2D eigenvalue weighted by molar-refractivity contribution is 5.82. The van der Waals surface area contributed by atoms with Crippen LogP contribution in [0.3, 0.4) is 0 Å². The molecular weight excluding hydrogens is 374 g/mol. The molecule has 0 amide bonds. The quantitative estimate of drug-likeness (QED) is 0.464. The molecule has 3 aromatic rings. The highest BCUT2D eigenvalue weighted by atomic mass is 16.6. The van der Waals surface area contributed by atoms with E-state index in [9.17, 15) is 15.3 Å². The van der Waals surface area contributed by atoms with Crippen LogP contribution in [0.2, 0.25) is 0 Å². The van der Waals surface area contributed by atoms with E-state index in [2.05, 4.69) is 39.3 Å². The molecule has 3 heterocycles.